The van der Waals surface area contributed by atoms with Crippen LogP contribution in [0, 0.1) is 6.92 Å². The molecule has 0 amide bonds. The summed E-state index contributed by atoms with van der Waals surface area (Å²) >= 11 is 0. The molecule has 0 unspecified atom stereocenters. The predicted octanol–water partition coefficient (Wildman–Crippen LogP) is 3.51. The van der Waals surface area contributed by atoms with E-state index in [1.807, 2.05) is 19.1 Å². The summed E-state index contributed by atoms with van der Waals surface area (Å²) in [6, 6.07) is 13.1. The summed E-state index contributed by atoms with van der Waals surface area (Å²) in [6.45, 7) is 7.90. The smallest absolute Gasteiger partial charge is 0.138 e. The Morgan fingerprint density at radius 3 is 2.38 bits per heavy atom. The number of nitrogens with one attached hydrogen (secondary N) is 1. The van der Waals surface area contributed by atoms with Crippen molar-refractivity contribution in [3.63, 3.8) is 0 Å². The van der Waals surface area contributed by atoms with Gasteiger partial charge < -0.3 is 10.1 Å². The number of nitrogens with zero attached hydrogens (tertiary/aromatic N) is 1. The van der Waals surface area contributed by atoms with Crippen LogP contribution in [-0.4, -0.2) is 17.6 Å². The van der Waals surface area contributed by atoms with Crippen LogP contribution in [-0.2, 0) is 13.0 Å². The van der Waals surface area contributed by atoms with Gasteiger partial charge in [0.25, 0.3) is 0 Å². The summed E-state index contributed by atoms with van der Waals surface area (Å²) in [5, 5.41) is 3.43. The molecule has 2 rings (SSSR count). The van der Waals surface area contributed by atoms with Crippen molar-refractivity contribution in [1.29, 1.82) is 0 Å². The third kappa shape index (κ3) is 5.56. The van der Waals surface area contributed by atoms with Crippen LogP contribution in [0.25, 0.3) is 0 Å². The SMILES string of the molecule is Cc1ccc(OCc2ccc(CCNC(C)C)cc2)cn1. The first-order chi connectivity index (χ1) is 10.1. The van der Waals surface area contributed by atoms with Gasteiger partial charge in [0.05, 0.1) is 6.20 Å². The predicted molar refractivity (Wildman–Crippen MR) is 86.6 cm³/mol. The molecule has 3 heteroatoms. The van der Waals surface area contributed by atoms with Gasteiger partial charge in [-0.15, -0.1) is 0 Å². The van der Waals surface area contributed by atoms with Gasteiger partial charge in [0.15, 0.2) is 0 Å². The molecule has 0 radical (unpaired) electrons. The summed E-state index contributed by atoms with van der Waals surface area (Å²) < 4.78 is 5.72. The van der Waals surface area contributed by atoms with Gasteiger partial charge in [-0.2, -0.15) is 0 Å². The van der Waals surface area contributed by atoms with E-state index in [0.29, 0.717) is 12.6 Å². The maximum Gasteiger partial charge on any atom is 0.138 e. The van der Waals surface area contributed by atoms with E-state index in [1.54, 1.807) is 6.20 Å². The number of rotatable bonds is 7. The van der Waals surface area contributed by atoms with Gasteiger partial charge in [0.1, 0.15) is 12.4 Å². The maximum atomic E-state index is 5.72. The van der Waals surface area contributed by atoms with Crippen LogP contribution in [0.4, 0.5) is 0 Å². The summed E-state index contributed by atoms with van der Waals surface area (Å²) in [5.41, 5.74) is 3.53. The Balaban J connectivity index is 1.80. The molecular formula is C18H24N2O. The highest BCUT2D eigenvalue weighted by atomic mass is 16.5. The lowest BCUT2D eigenvalue weighted by Crippen LogP contribution is -2.24. The summed E-state index contributed by atoms with van der Waals surface area (Å²) in [4.78, 5) is 4.22. The highest BCUT2D eigenvalue weighted by Crippen LogP contribution is 2.12. The standard InChI is InChI=1S/C18H24N2O/c1-14(2)19-11-10-16-5-7-17(8-6-16)13-21-18-9-4-15(3)20-12-18/h4-9,12,14,19H,10-11,13H2,1-3H3. The first-order valence-corrected chi connectivity index (χ1v) is 7.50. The molecule has 3 nitrogen and oxygen atoms in total. The Bertz CT molecular complexity index is 532. The van der Waals surface area contributed by atoms with Crippen LogP contribution < -0.4 is 10.1 Å². The number of pyridine rings is 1. The van der Waals surface area contributed by atoms with E-state index in [1.165, 1.54) is 11.1 Å². The van der Waals surface area contributed by atoms with Crippen molar-refractivity contribution in [3.05, 3.63) is 59.4 Å². The normalized spacial score (nSPS) is 10.9. The van der Waals surface area contributed by atoms with Crippen LogP contribution in [0.15, 0.2) is 42.6 Å². The molecule has 0 aliphatic rings. The first kappa shape index (κ1) is 15.5. The minimum Gasteiger partial charge on any atom is -0.487 e. The molecule has 0 aliphatic carbocycles. The van der Waals surface area contributed by atoms with Gasteiger partial charge in [-0.05, 0) is 43.1 Å². The topological polar surface area (TPSA) is 34.1 Å². The Morgan fingerprint density at radius 1 is 1.05 bits per heavy atom. The van der Waals surface area contributed by atoms with E-state index in [9.17, 15) is 0 Å². The molecule has 1 aromatic heterocycles. The second-order valence-corrected chi connectivity index (χ2v) is 5.60. The zero-order valence-corrected chi connectivity index (χ0v) is 13.1. The number of hydrogen-bond acceptors (Lipinski definition) is 3. The molecular weight excluding hydrogens is 260 g/mol. The van der Waals surface area contributed by atoms with Crippen LogP contribution >= 0.6 is 0 Å². The molecule has 0 saturated heterocycles. The van der Waals surface area contributed by atoms with Gasteiger partial charge >= 0.3 is 0 Å². The van der Waals surface area contributed by atoms with E-state index in [2.05, 4.69) is 48.4 Å². The second kappa shape index (κ2) is 7.79. The molecule has 0 saturated carbocycles. The molecule has 0 spiro atoms. The molecule has 0 bridgehead atoms. The van der Waals surface area contributed by atoms with Crippen molar-refractivity contribution in [2.24, 2.45) is 0 Å². The van der Waals surface area contributed by atoms with Crippen molar-refractivity contribution in [2.75, 3.05) is 6.54 Å². The molecule has 0 aliphatic heterocycles. The number of ether oxygens (including phenoxy) is 1. The van der Waals surface area contributed by atoms with Gasteiger partial charge in [0.2, 0.25) is 0 Å². The summed E-state index contributed by atoms with van der Waals surface area (Å²) in [7, 11) is 0. The number of hydrogen-bond donors (Lipinski definition) is 1. The molecule has 1 N–H and O–H groups in total. The van der Waals surface area contributed by atoms with Crippen molar-refractivity contribution in [1.82, 2.24) is 10.3 Å². The van der Waals surface area contributed by atoms with Gasteiger partial charge in [-0.3, -0.25) is 4.98 Å². The summed E-state index contributed by atoms with van der Waals surface area (Å²) in [5.74, 6) is 0.811. The molecule has 0 atom stereocenters. The molecule has 112 valence electrons. The first-order valence-electron chi connectivity index (χ1n) is 7.50. The van der Waals surface area contributed by atoms with Crippen LogP contribution in [0.2, 0.25) is 0 Å². The highest BCUT2D eigenvalue weighted by Gasteiger charge is 1.99. The van der Waals surface area contributed by atoms with Gasteiger partial charge in [-0.1, -0.05) is 38.1 Å². The van der Waals surface area contributed by atoms with E-state index in [-0.39, 0.29) is 0 Å². The van der Waals surface area contributed by atoms with Crippen molar-refractivity contribution in [3.8, 4) is 5.75 Å². The van der Waals surface area contributed by atoms with Gasteiger partial charge in [-0.25, -0.2) is 0 Å². The van der Waals surface area contributed by atoms with Crippen LogP contribution in [0.5, 0.6) is 5.75 Å². The zero-order valence-electron chi connectivity index (χ0n) is 13.1. The van der Waals surface area contributed by atoms with E-state index in [4.69, 9.17) is 4.74 Å². The van der Waals surface area contributed by atoms with E-state index < -0.39 is 0 Å². The van der Waals surface area contributed by atoms with Crippen molar-refractivity contribution >= 4 is 0 Å². The fourth-order valence-electron chi connectivity index (χ4n) is 2.01. The van der Waals surface area contributed by atoms with Crippen molar-refractivity contribution in [2.45, 2.75) is 39.8 Å². The number of aromatic nitrogens is 1. The molecule has 1 aromatic carbocycles. The molecule has 1 heterocycles. The third-order valence-corrected chi connectivity index (χ3v) is 3.28. The van der Waals surface area contributed by atoms with Crippen LogP contribution in [0.3, 0.4) is 0 Å². The quantitative estimate of drug-likeness (QED) is 0.845. The monoisotopic (exact) mass is 284 g/mol. The second-order valence-electron chi connectivity index (χ2n) is 5.60. The number of aryl methyl sites for hydroxylation is 1. The van der Waals surface area contributed by atoms with Gasteiger partial charge in [0, 0.05) is 11.7 Å². The maximum absolute atomic E-state index is 5.72. The lowest BCUT2D eigenvalue weighted by atomic mass is 10.1. The molecule has 21 heavy (non-hydrogen) atoms. The minimum atomic E-state index is 0.542. The van der Waals surface area contributed by atoms with E-state index >= 15 is 0 Å². The Hall–Kier alpha value is -1.87. The fraction of sp³-hybridized carbons (Fsp3) is 0.389. The number of benzene rings is 1. The lowest BCUT2D eigenvalue weighted by Gasteiger charge is -2.09. The molecule has 2 aromatic rings. The third-order valence-electron chi connectivity index (χ3n) is 3.28. The van der Waals surface area contributed by atoms with Crippen molar-refractivity contribution < 1.29 is 4.74 Å². The fourth-order valence-corrected chi connectivity index (χ4v) is 2.01. The minimum absolute atomic E-state index is 0.542. The molecule has 0 fully saturated rings. The summed E-state index contributed by atoms with van der Waals surface area (Å²) in [6.07, 6.45) is 2.82. The average molecular weight is 284 g/mol. The average Bonchev–Trinajstić information content (AvgIpc) is 2.48. The lowest BCUT2D eigenvalue weighted by molar-refractivity contribution is 0.305. The Kier molecular flexibility index (Phi) is 5.76. The largest absolute Gasteiger partial charge is 0.487 e. The Labute approximate surface area is 127 Å². The zero-order chi connectivity index (χ0) is 15.1. The van der Waals surface area contributed by atoms with E-state index in [0.717, 1.165) is 24.4 Å². The Morgan fingerprint density at radius 2 is 1.76 bits per heavy atom. The highest BCUT2D eigenvalue weighted by molar-refractivity contribution is 5.24. The van der Waals surface area contributed by atoms with Crippen LogP contribution in [0.1, 0.15) is 30.7 Å².